The first-order chi connectivity index (χ1) is 18.0. The van der Waals surface area contributed by atoms with Crippen LogP contribution in [0.5, 0.6) is 0 Å². The second-order valence-corrected chi connectivity index (χ2v) is 12.1. The number of carbonyl (C=O) groups excluding carboxylic acids is 2. The molecule has 38 heavy (non-hydrogen) atoms. The van der Waals surface area contributed by atoms with E-state index in [-0.39, 0.29) is 29.8 Å². The van der Waals surface area contributed by atoms with E-state index >= 15 is 0 Å². The normalized spacial score (nSPS) is 21.3. The van der Waals surface area contributed by atoms with E-state index in [2.05, 4.69) is 5.32 Å². The van der Waals surface area contributed by atoms with Crippen molar-refractivity contribution in [2.75, 3.05) is 32.7 Å². The highest BCUT2D eigenvalue weighted by atomic mass is 35.5. The molecular weight excluding hydrogens is 532 g/mol. The molecule has 2 N–H and O–H groups in total. The first-order valence-corrected chi connectivity index (χ1v) is 14.6. The minimum absolute atomic E-state index is 0.0895. The van der Waals surface area contributed by atoms with Gasteiger partial charge >= 0.3 is 5.97 Å². The van der Waals surface area contributed by atoms with Gasteiger partial charge < -0.3 is 20.2 Å². The monoisotopic (exact) mass is 564 g/mol. The highest BCUT2D eigenvalue weighted by Gasteiger charge is 2.46. The number of aliphatic carboxylic acids is 1. The quantitative estimate of drug-likeness (QED) is 0.478. The van der Waals surface area contributed by atoms with E-state index in [0.29, 0.717) is 23.5 Å². The summed E-state index contributed by atoms with van der Waals surface area (Å²) in [6.45, 7) is 4.89. The van der Waals surface area contributed by atoms with E-state index in [9.17, 15) is 27.9 Å². The number of halogens is 1. The molecule has 2 aromatic carbocycles. The minimum Gasteiger partial charge on any atom is -0.480 e. The van der Waals surface area contributed by atoms with Crippen molar-refractivity contribution in [2.45, 2.75) is 56.1 Å². The largest absolute Gasteiger partial charge is 0.480 e. The molecule has 0 spiro atoms. The minimum atomic E-state index is -4.35. The summed E-state index contributed by atoms with van der Waals surface area (Å²) in [7, 11) is -4.35. The molecule has 0 radical (unpaired) electrons. The Morgan fingerprint density at radius 2 is 1.87 bits per heavy atom. The number of likely N-dealkylation sites (tertiary alicyclic amines) is 2. The molecule has 12 heteroatoms. The molecule has 1 unspecified atom stereocenters. The van der Waals surface area contributed by atoms with Crippen molar-refractivity contribution in [2.24, 2.45) is 0 Å². The third-order valence-corrected chi connectivity index (χ3v) is 9.37. The lowest BCUT2D eigenvalue weighted by Gasteiger charge is -2.36. The second-order valence-electron chi connectivity index (χ2n) is 9.79. The molecule has 4 rings (SSSR count). The number of piperidine rings is 1. The molecule has 2 aliphatic rings. The summed E-state index contributed by atoms with van der Waals surface area (Å²) in [4.78, 5) is 41.5. The van der Waals surface area contributed by atoms with Gasteiger partial charge in [-0.2, -0.15) is 4.31 Å². The smallest absolute Gasteiger partial charge is 0.318 e. The van der Waals surface area contributed by atoms with Crippen molar-refractivity contribution < 1.29 is 27.9 Å². The average molecular weight is 565 g/mol. The van der Waals surface area contributed by atoms with Crippen LogP contribution in [0, 0.1) is 0 Å². The average Bonchev–Trinajstić information content (AvgIpc) is 3.26. The summed E-state index contributed by atoms with van der Waals surface area (Å²) in [5, 5.41) is 14.7. The molecule has 2 aromatic rings. The van der Waals surface area contributed by atoms with Gasteiger partial charge in [-0.25, -0.2) is 8.42 Å². The summed E-state index contributed by atoms with van der Waals surface area (Å²) in [5.74, 6) is -2.13. The van der Waals surface area contributed by atoms with Crippen LogP contribution in [0.1, 0.15) is 33.1 Å². The van der Waals surface area contributed by atoms with Gasteiger partial charge in [-0.1, -0.05) is 30.7 Å². The summed E-state index contributed by atoms with van der Waals surface area (Å²) >= 11 is 6.03. The van der Waals surface area contributed by atoms with Crippen LogP contribution >= 0.6 is 11.6 Å². The number of hydrogen-bond donors (Lipinski definition) is 2. The number of nitrogens with zero attached hydrogens (tertiary/aromatic N) is 3. The Morgan fingerprint density at radius 1 is 1.16 bits per heavy atom. The molecule has 0 bridgehead atoms. The number of carbonyl (C=O) groups is 3. The maximum atomic E-state index is 13.7. The van der Waals surface area contributed by atoms with E-state index in [1.54, 1.807) is 36.1 Å². The van der Waals surface area contributed by atoms with E-state index in [1.165, 1.54) is 17.0 Å². The number of likely N-dealkylation sites (N-methyl/N-ethyl adjacent to an activating group) is 1. The maximum Gasteiger partial charge on any atom is 0.318 e. The topological polar surface area (TPSA) is 127 Å². The lowest BCUT2D eigenvalue weighted by atomic mass is 10.0. The first kappa shape index (κ1) is 28.3. The van der Waals surface area contributed by atoms with Crippen LogP contribution in [-0.2, 0) is 24.4 Å². The van der Waals surface area contributed by atoms with Crippen molar-refractivity contribution in [1.82, 2.24) is 19.4 Å². The third kappa shape index (κ3) is 5.80. The summed E-state index contributed by atoms with van der Waals surface area (Å²) in [6, 6.07) is 7.61. The van der Waals surface area contributed by atoms with Gasteiger partial charge in [-0.15, -0.1) is 0 Å². The number of benzene rings is 2. The predicted molar refractivity (Wildman–Crippen MR) is 143 cm³/mol. The number of nitrogens with one attached hydrogen (secondary N) is 1. The third-order valence-electron chi connectivity index (χ3n) is 7.28. The van der Waals surface area contributed by atoms with Crippen molar-refractivity contribution in [3.63, 3.8) is 0 Å². The molecule has 2 amide bonds. The Balaban J connectivity index is 1.56. The lowest BCUT2D eigenvalue weighted by molar-refractivity contribution is -0.145. The van der Waals surface area contributed by atoms with Gasteiger partial charge in [0.1, 0.15) is 18.6 Å². The molecule has 3 atom stereocenters. The molecule has 0 aliphatic carbocycles. The number of carboxylic acids is 1. The van der Waals surface area contributed by atoms with Crippen LogP contribution in [0.4, 0.5) is 0 Å². The summed E-state index contributed by atoms with van der Waals surface area (Å²) in [5.41, 5.74) is 0. The van der Waals surface area contributed by atoms with Crippen LogP contribution in [0.2, 0.25) is 5.02 Å². The fourth-order valence-electron chi connectivity index (χ4n) is 5.35. The van der Waals surface area contributed by atoms with Crippen molar-refractivity contribution in [3.8, 4) is 0 Å². The zero-order valence-corrected chi connectivity index (χ0v) is 23.0. The zero-order chi connectivity index (χ0) is 27.6. The fourth-order valence-corrected chi connectivity index (χ4v) is 7.13. The van der Waals surface area contributed by atoms with Gasteiger partial charge in [0.05, 0.1) is 4.90 Å². The molecule has 2 fully saturated rings. The van der Waals surface area contributed by atoms with Gasteiger partial charge in [0.15, 0.2) is 0 Å². The van der Waals surface area contributed by atoms with Crippen LogP contribution < -0.4 is 5.32 Å². The van der Waals surface area contributed by atoms with Gasteiger partial charge in [0.2, 0.25) is 21.8 Å². The van der Waals surface area contributed by atoms with Crippen molar-refractivity contribution in [1.29, 1.82) is 0 Å². The fraction of sp³-hybridized carbons (Fsp3) is 0.500. The van der Waals surface area contributed by atoms with Crippen LogP contribution in [0.3, 0.4) is 0 Å². The van der Waals surface area contributed by atoms with Gasteiger partial charge in [0.25, 0.3) is 0 Å². The molecule has 2 heterocycles. The molecule has 2 saturated heterocycles. The zero-order valence-electron chi connectivity index (χ0n) is 21.5. The Bertz CT molecular complexity index is 1330. The molecule has 206 valence electrons. The molecule has 0 aromatic heterocycles. The number of amides is 2. The van der Waals surface area contributed by atoms with E-state index in [0.717, 1.165) is 29.1 Å². The van der Waals surface area contributed by atoms with Crippen molar-refractivity contribution >= 4 is 50.2 Å². The predicted octanol–water partition coefficient (Wildman–Crippen LogP) is 2.16. The number of rotatable bonds is 9. The maximum absolute atomic E-state index is 13.7. The van der Waals surface area contributed by atoms with Gasteiger partial charge in [-0.3, -0.25) is 14.4 Å². The van der Waals surface area contributed by atoms with Gasteiger partial charge in [0, 0.05) is 30.7 Å². The lowest BCUT2D eigenvalue weighted by Crippen LogP contribution is -2.55. The Kier molecular flexibility index (Phi) is 8.61. The Hall–Kier alpha value is -2.73. The molecule has 10 nitrogen and oxygen atoms in total. The summed E-state index contributed by atoms with van der Waals surface area (Å²) < 4.78 is 28.0. The van der Waals surface area contributed by atoms with E-state index in [1.807, 2.05) is 6.92 Å². The van der Waals surface area contributed by atoms with Crippen molar-refractivity contribution in [3.05, 3.63) is 41.4 Å². The standard InChI is InChI=1S/C26H33ClN4O6S/c1-3-28-21-5-4-11-29(15-21)25(34)17(2)30-12-10-23(26(30)35)31(16-24(32)33)38(36,37)22-9-7-18-13-20(27)8-6-19(18)14-22/h6-9,13-14,17,21,23,28H,3-5,10-12,15-16H2,1-2H3,(H,32,33)/t17-,21?,23-/m0/s1. The van der Waals surface area contributed by atoms with Crippen LogP contribution in [0.15, 0.2) is 41.3 Å². The second kappa shape index (κ2) is 11.6. The summed E-state index contributed by atoms with van der Waals surface area (Å²) in [6.07, 6.45) is 1.92. The SMILES string of the molecule is CCNC1CCCN(C(=O)[C@H](C)N2CC[C@H](N(CC(=O)O)S(=O)(=O)c3ccc4cc(Cl)ccc4c3)C2=O)C1. The molecule has 0 saturated carbocycles. The number of carboxylic acid groups (broad SMARTS) is 1. The van der Waals surface area contributed by atoms with Gasteiger partial charge in [-0.05, 0) is 67.8 Å². The molecule has 2 aliphatic heterocycles. The Morgan fingerprint density at radius 3 is 2.58 bits per heavy atom. The molecular formula is C26H33ClN4O6S. The number of fused-ring (bicyclic) bond motifs is 1. The highest BCUT2D eigenvalue weighted by Crippen LogP contribution is 2.29. The van der Waals surface area contributed by atoms with Crippen LogP contribution in [0.25, 0.3) is 10.8 Å². The number of sulfonamides is 1. The first-order valence-electron chi connectivity index (χ1n) is 12.8. The number of hydrogen-bond acceptors (Lipinski definition) is 6. The van der Waals surface area contributed by atoms with Crippen LogP contribution in [-0.4, -0.2) is 96.3 Å². The highest BCUT2D eigenvalue weighted by molar-refractivity contribution is 7.89. The Labute approximate surface area is 227 Å². The van der Waals surface area contributed by atoms with E-state index in [4.69, 9.17) is 11.6 Å². The van der Waals surface area contributed by atoms with E-state index < -0.39 is 40.5 Å².